The van der Waals surface area contributed by atoms with Crippen LogP contribution in [0, 0.1) is 0 Å². The number of halogens is 1. The van der Waals surface area contributed by atoms with Crippen molar-refractivity contribution in [3.63, 3.8) is 0 Å². The van der Waals surface area contributed by atoms with Crippen LogP contribution in [-0.2, 0) is 0 Å². The molecule has 1 unspecified atom stereocenters. The van der Waals surface area contributed by atoms with E-state index in [1.807, 2.05) is 0 Å². The van der Waals surface area contributed by atoms with Gasteiger partial charge in [0.2, 0.25) is 0 Å². The molecule has 0 saturated carbocycles. The molecular weight excluding hydrogens is 266 g/mol. The minimum Gasteiger partial charge on any atom is -0.410 e. The zero-order valence-corrected chi connectivity index (χ0v) is 10.0. The third-order valence-corrected chi connectivity index (χ3v) is 2.01. The summed E-state index contributed by atoms with van der Waals surface area (Å²) in [5, 5.41) is 2.27. The maximum absolute atomic E-state index is 11.1. The third kappa shape index (κ3) is 4.02. The van der Waals surface area contributed by atoms with Crippen molar-refractivity contribution < 1.29 is 9.53 Å². The highest BCUT2D eigenvalue weighted by atomic mass is 79.9. The lowest BCUT2D eigenvalue weighted by atomic mass is 10.3. The molecule has 1 N–H and O–H groups in total. The first-order valence-electron chi connectivity index (χ1n) is 4.00. The van der Waals surface area contributed by atoms with Crippen LogP contribution >= 0.6 is 28.6 Å². The summed E-state index contributed by atoms with van der Waals surface area (Å²) in [6.07, 6.45) is -0.505. The smallest absolute Gasteiger partial charge is 0.410 e. The number of carbonyl (C=O) groups excluding carboxylic acids is 1. The van der Waals surface area contributed by atoms with E-state index in [1.165, 1.54) is 0 Å². The van der Waals surface area contributed by atoms with Crippen LogP contribution in [0.25, 0.3) is 0 Å². The number of thiol groups is 1. The predicted octanol–water partition coefficient (Wildman–Crippen LogP) is 2.81. The molecule has 76 valence electrons. The van der Waals surface area contributed by atoms with Crippen LogP contribution in [0.1, 0.15) is 6.92 Å². The molecule has 1 rings (SSSR count). The van der Waals surface area contributed by atoms with Crippen molar-refractivity contribution in [2.45, 2.75) is 12.3 Å². The molecule has 0 radical (unpaired) electrons. The Hall–Kier alpha value is -0.680. The quantitative estimate of drug-likeness (QED) is 0.644. The number of carbonyl (C=O) groups is 1. The van der Waals surface area contributed by atoms with Gasteiger partial charge in [0.25, 0.3) is 0 Å². The fourth-order valence-electron chi connectivity index (χ4n) is 0.810. The van der Waals surface area contributed by atoms with E-state index in [0.29, 0.717) is 5.75 Å². The molecule has 0 aliphatic rings. The summed E-state index contributed by atoms with van der Waals surface area (Å²) in [7, 11) is 0. The fraction of sp³-hybridized carbons (Fsp3) is 0.222. The number of hydrogen-bond donors (Lipinski definition) is 2. The van der Waals surface area contributed by atoms with Crippen LogP contribution in [0.15, 0.2) is 28.7 Å². The van der Waals surface area contributed by atoms with E-state index in [4.69, 9.17) is 4.74 Å². The number of rotatable bonds is 2. The number of benzene rings is 1. The van der Waals surface area contributed by atoms with Crippen LogP contribution in [0.3, 0.4) is 0 Å². The lowest BCUT2D eigenvalue weighted by molar-refractivity contribution is 0.200. The zero-order chi connectivity index (χ0) is 10.6. The van der Waals surface area contributed by atoms with Crippen molar-refractivity contribution in [2.75, 3.05) is 0 Å². The summed E-state index contributed by atoms with van der Waals surface area (Å²) in [6.45, 7) is 1.74. The molecule has 0 bridgehead atoms. The Bertz CT molecular complexity index is 313. The topological polar surface area (TPSA) is 38.3 Å². The molecule has 0 saturated heterocycles. The molecule has 14 heavy (non-hydrogen) atoms. The molecule has 0 spiro atoms. The van der Waals surface area contributed by atoms with Crippen LogP contribution in [0.5, 0.6) is 5.75 Å². The van der Waals surface area contributed by atoms with Crippen molar-refractivity contribution >= 4 is 34.7 Å². The summed E-state index contributed by atoms with van der Waals surface area (Å²) in [6, 6.07) is 7.00. The Labute approximate surface area is 96.4 Å². The van der Waals surface area contributed by atoms with Gasteiger partial charge in [0.1, 0.15) is 5.75 Å². The fourth-order valence-corrected chi connectivity index (χ4v) is 1.18. The summed E-state index contributed by atoms with van der Waals surface area (Å²) in [5.74, 6) is 0.500. The Morgan fingerprint density at radius 2 is 2.07 bits per heavy atom. The van der Waals surface area contributed by atoms with Gasteiger partial charge in [-0.1, -0.05) is 15.9 Å². The lowest BCUT2D eigenvalue weighted by Gasteiger charge is -2.08. The van der Waals surface area contributed by atoms with Crippen LogP contribution in [0.2, 0.25) is 0 Å². The summed E-state index contributed by atoms with van der Waals surface area (Å²) < 4.78 is 5.90. The van der Waals surface area contributed by atoms with Gasteiger partial charge in [-0.05, 0) is 31.2 Å². The van der Waals surface area contributed by atoms with Gasteiger partial charge < -0.3 is 10.1 Å². The average molecular weight is 276 g/mol. The molecule has 1 aromatic carbocycles. The van der Waals surface area contributed by atoms with Crippen molar-refractivity contribution in [3.05, 3.63) is 28.7 Å². The SMILES string of the molecule is CC(S)NC(=O)Oc1ccc(Br)cc1. The van der Waals surface area contributed by atoms with Gasteiger partial charge in [-0.25, -0.2) is 4.79 Å². The highest BCUT2D eigenvalue weighted by molar-refractivity contribution is 9.10. The lowest BCUT2D eigenvalue weighted by Crippen LogP contribution is -2.31. The first-order chi connectivity index (χ1) is 6.58. The molecule has 1 amide bonds. The standard InChI is InChI=1S/C9H10BrNO2S/c1-6(14)11-9(12)13-8-4-2-7(10)3-5-8/h2-6,14H,1H3,(H,11,12). The number of ether oxygens (including phenoxy) is 1. The molecule has 0 fully saturated rings. The highest BCUT2D eigenvalue weighted by Crippen LogP contribution is 2.16. The molecule has 0 aliphatic heterocycles. The first-order valence-corrected chi connectivity index (χ1v) is 5.31. The van der Waals surface area contributed by atoms with E-state index in [1.54, 1.807) is 31.2 Å². The largest absolute Gasteiger partial charge is 0.413 e. The monoisotopic (exact) mass is 275 g/mol. The van der Waals surface area contributed by atoms with Crippen LogP contribution in [-0.4, -0.2) is 11.5 Å². The molecular formula is C9H10BrNO2S. The van der Waals surface area contributed by atoms with Crippen molar-refractivity contribution in [3.8, 4) is 5.75 Å². The van der Waals surface area contributed by atoms with Gasteiger partial charge in [-0.2, -0.15) is 12.6 Å². The van der Waals surface area contributed by atoms with Gasteiger partial charge in [-0.3, -0.25) is 0 Å². The summed E-state index contributed by atoms with van der Waals surface area (Å²) in [5.41, 5.74) is 0. The number of hydrogen-bond acceptors (Lipinski definition) is 3. The van der Waals surface area contributed by atoms with E-state index in [9.17, 15) is 4.79 Å². The maximum Gasteiger partial charge on any atom is 0.413 e. The Balaban J connectivity index is 2.52. The Morgan fingerprint density at radius 1 is 1.50 bits per heavy atom. The van der Waals surface area contributed by atoms with E-state index in [-0.39, 0.29) is 5.37 Å². The van der Waals surface area contributed by atoms with Crippen LogP contribution in [0.4, 0.5) is 4.79 Å². The minimum atomic E-state index is -0.505. The van der Waals surface area contributed by atoms with Gasteiger partial charge in [0, 0.05) is 4.47 Å². The predicted molar refractivity (Wildman–Crippen MR) is 61.7 cm³/mol. The second-order valence-corrected chi connectivity index (χ2v) is 4.35. The van der Waals surface area contributed by atoms with Crippen LogP contribution < -0.4 is 10.1 Å². The third-order valence-electron chi connectivity index (χ3n) is 1.35. The number of nitrogens with one attached hydrogen (secondary N) is 1. The highest BCUT2D eigenvalue weighted by Gasteiger charge is 2.05. The van der Waals surface area contributed by atoms with Crippen molar-refractivity contribution in [1.29, 1.82) is 0 Å². The van der Waals surface area contributed by atoms with Gasteiger partial charge >= 0.3 is 6.09 Å². The van der Waals surface area contributed by atoms with Gasteiger partial charge in [0.15, 0.2) is 0 Å². The minimum absolute atomic E-state index is 0.224. The molecule has 3 nitrogen and oxygen atoms in total. The van der Waals surface area contributed by atoms with Crippen molar-refractivity contribution in [2.24, 2.45) is 0 Å². The molecule has 0 aromatic heterocycles. The van der Waals surface area contributed by atoms with Gasteiger partial charge in [-0.15, -0.1) is 0 Å². The average Bonchev–Trinajstić information content (AvgIpc) is 2.07. The first kappa shape index (κ1) is 11.4. The van der Waals surface area contributed by atoms with Gasteiger partial charge in [0.05, 0.1) is 5.37 Å². The second kappa shape index (κ2) is 5.26. The Kier molecular flexibility index (Phi) is 4.28. The second-order valence-electron chi connectivity index (χ2n) is 2.66. The van der Waals surface area contributed by atoms with E-state index in [0.717, 1.165) is 4.47 Å². The normalized spacial score (nSPS) is 11.9. The molecule has 1 atom stereocenters. The number of amides is 1. The molecule has 1 aromatic rings. The molecule has 0 heterocycles. The summed E-state index contributed by atoms with van der Waals surface area (Å²) >= 11 is 7.28. The Morgan fingerprint density at radius 3 is 2.57 bits per heavy atom. The summed E-state index contributed by atoms with van der Waals surface area (Å²) in [4.78, 5) is 11.1. The maximum atomic E-state index is 11.1. The molecule has 5 heteroatoms. The molecule has 0 aliphatic carbocycles. The van der Waals surface area contributed by atoms with E-state index in [2.05, 4.69) is 33.9 Å². The zero-order valence-electron chi connectivity index (χ0n) is 7.53. The van der Waals surface area contributed by atoms with E-state index >= 15 is 0 Å². The van der Waals surface area contributed by atoms with E-state index < -0.39 is 6.09 Å². The van der Waals surface area contributed by atoms with Crippen molar-refractivity contribution in [1.82, 2.24) is 5.32 Å².